The zero-order valence-corrected chi connectivity index (χ0v) is 11.5. The summed E-state index contributed by atoms with van der Waals surface area (Å²) in [6.07, 6.45) is 7.17. The lowest BCUT2D eigenvalue weighted by Gasteiger charge is -2.51. The van der Waals surface area contributed by atoms with Gasteiger partial charge in [-0.05, 0) is 37.1 Å². The van der Waals surface area contributed by atoms with Crippen LogP contribution in [0.25, 0.3) is 10.9 Å². The summed E-state index contributed by atoms with van der Waals surface area (Å²) in [5.74, 6) is 0.902. The third-order valence-corrected chi connectivity index (χ3v) is 5.15. The van der Waals surface area contributed by atoms with Crippen molar-refractivity contribution in [2.45, 2.75) is 44.3 Å². The largest absolute Gasteiger partial charge is 0.489 e. The maximum Gasteiger partial charge on any atom is 0.129 e. The van der Waals surface area contributed by atoms with E-state index in [-0.39, 0.29) is 17.6 Å². The van der Waals surface area contributed by atoms with E-state index < -0.39 is 0 Å². The molecule has 1 spiro atoms. The van der Waals surface area contributed by atoms with E-state index in [9.17, 15) is 5.11 Å². The highest BCUT2D eigenvalue weighted by molar-refractivity contribution is 5.84. The number of fused-ring (bicyclic) bond motifs is 1. The molecule has 0 saturated heterocycles. The Hall–Kier alpha value is -1.61. The molecular weight excluding hydrogens is 250 g/mol. The van der Waals surface area contributed by atoms with Crippen molar-refractivity contribution in [1.82, 2.24) is 4.98 Å². The van der Waals surface area contributed by atoms with Gasteiger partial charge in [0.2, 0.25) is 0 Å². The molecule has 2 unspecified atom stereocenters. The summed E-state index contributed by atoms with van der Waals surface area (Å²) in [5.41, 5.74) is 0.982. The number of benzene rings is 1. The summed E-state index contributed by atoms with van der Waals surface area (Å²) in [6, 6.07) is 9.99. The molecule has 1 aromatic carbocycles. The molecule has 1 N–H and O–H groups in total. The van der Waals surface area contributed by atoms with Crippen LogP contribution in [0.3, 0.4) is 0 Å². The van der Waals surface area contributed by atoms with Gasteiger partial charge in [-0.25, -0.2) is 0 Å². The molecule has 2 fully saturated rings. The van der Waals surface area contributed by atoms with Crippen molar-refractivity contribution in [2.24, 2.45) is 5.41 Å². The molecule has 2 atom stereocenters. The van der Waals surface area contributed by atoms with Crippen LogP contribution in [0.2, 0.25) is 0 Å². The van der Waals surface area contributed by atoms with Crippen LogP contribution < -0.4 is 4.74 Å². The van der Waals surface area contributed by atoms with Crippen molar-refractivity contribution in [1.29, 1.82) is 0 Å². The number of pyridine rings is 1. The molecule has 0 bridgehead atoms. The molecule has 0 amide bonds. The van der Waals surface area contributed by atoms with Gasteiger partial charge in [0.05, 0.1) is 11.6 Å². The maximum absolute atomic E-state index is 10.2. The van der Waals surface area contributed by atoms with Crippen molar-refractivity contribution in [3.8, 4) is 5.75 Å². The average Bonchev–Trinajstić information content (AvgIpc) is 3.00. The Labute approximate surface area is 118 Å². The smallest absolute Gasteiger partial charge is 0.129 e. The second kappa shape index (κ2) is 4.45. The minimum Gasteiger partial charge on any atom is -0.489 e. The fourth-order valence-corrected chi connectivity index (χ4v) is 3.91. The van der Waals surface area contributed by atoms with Gasteiger partial charge < -0.3 is 9.84 Å². The van der Waals surface area contributed by atoms with Gasteiger partial charge in [0, 0.05) is 23.4 Å². The number of hydrogen-bond donors (Lipinski definition) is 1. The van der Waals surface area contributed by atoms with Gasteiger partial charge in [-0.1, -0.05) is 18.9 Å². The number of aliphatic hydroxyl groups excluding tert-OH is 1. The molecule has 0 radical (unpaired) electrons. The van der Waals surface area contributed by atoms with Gasteiger partial charge in [-0.2, -0.15) is 0 Å². The van der Waals surface area contributed by atoms with Crippen LogP contribution in [-0.2, 0) is 0 Å². The third-order valence-electron chi connectivity index (χ3n) is 5.15. The normalized spacial score (nSPS) is 27.6. The molecule has 20 heavy (non-hydrogen) atoms. The molecule has 0 aliphatic heterocycles. The van der Waals surface area contributed by atoms with Crippen LogP contribution in [-0.4, -0.2) is 22.3 Å². The molecular formula is C17H19NO2. The number of rotatable bonds is 2. The summed E-state index contributed by atoms with van der Waals surface area (Å²) in [4.78, 5) is 4.37. The van der Waals surface area contributed by atoms with Crippen LogP contribution >= 0.6 is 0 Å². The molecule has 3 heteroatoms. The maximum atomic E-state index is 10.2. The zero-order valence-electron chi connectivity index (χ0n) is 11.5. The zero-order chi connectivity index (χ0) is 13.6. The second-order valence-corrected chi connectivity index (χ2v) is 6.12. The van der Waals surface area contributed by atoms with Crippen LogP contribution in [0, 0.1) is 5.41 Å². The Kier molecular flexibility index (Phi) is 2.71. The van der Waals surface area contributed by atoms with Gasteiger partial charge in [-0.3, -0.25) is 4.98 Å². The van der Waals surface area contributed by atoms with Gasteiger partial charge in [0.25, 0.3) is 0 Å². The van der Waals surface area contributed by atoms with Gasteiger partial charge in [-0.15, -0.1) is 0 Å². The molecule has 3 nitrogen and oxygen atoms in total. The number of aromatic nitrogens is 1. The first-order valence-corrected chi connectivity index (χ1v) is 7.48. The molecule has 4 rings (SSSR count). The lowest BCUT2D eigenvalue weighted by Crippen LogP contribution is -2.58. The summed E-state index contributed by atoms with van der Waals surface area (Å²) < 4.78 is 6.27. The lowest BCUT2D eigenvalue weighted by molar-refractivity contribution is -0.151. The fourth-order valence-electron chi connectivity index (χ4n) is 3.91. The highest BCUT2D eigenvalue weighted by Crippen LogP contribution is 2.54. The van der Waals surface area contributed by atoms with E-state index >= 15 is 0 Å². The first kappa shape index (κ1) is 12.2. The van der Waals surface area contributed by atoms with E-state index in [2.05, 4.69) is 4.98 Å². The minimum atomic E-state index is -0.178. The Morgan fingerprint density at radius 1 is 1.15 bits per heavy atom. The summed E-state index contributed by atoms with van der Waals surface area (Å²) in [5, 5.41) is 11.2. The first-order valence-electron chi connectivity index (χ1n) is 7.48. The minimum absolute atomic E-state index is 0.0182. The molecule has 2 aliphatic carbocycles. The molecule has 104 valence electrons. The number of nitrogens with zero attached hydrogens (tertiary/aromatic N) is 1. The first-order chi connectivity index (χ1) is 9.79. The van der Waals surface area contributed by atoms with Crippen LogP contribution in [0.5, 0.6) is 5.75 Å². The fraction of sp³-hybridized carbons (Fsp3) is 0.471. The van der Waals surface area contributed by atoms with Gasteiger partial charge in [0.15, 0.2) is 0 Å². The monoisotopic (exact) mass is 269 g/mol. The van der Waals surface area contributed by atoms with Crippen LogP contribution in [0.15, 0.2) is 36.5 Å². The highest BCUT2D eigenvalue weighted by Gasteiger charge is 2.57. The average molecular weight is 269 g/mol. The van der Waals surface area contributed by atoms with Crippen molar-refractivity contribution < 1.29 is 9.84 Å². The predicted octanol–water partition coefficient (Wildman–Crippen LogP) is 3.31. The molecule has 1 aromatic heterocycles. The van der Waals surface area contributed by atoms with E-state index in [4.69, 9.17) is 4.74 Å². The van der Waals surface area contributed by atoms with E-state index in [0.717, 1.165) is 35.9 Å². The highest BCUT2D eigenvalue weighted by atomic mass is 16.5. The van der Waals surface area contributed by atoms with Crippen molar-refractivity contribution >= 4 is 10.9 Å². The summed E-state index contributed by atoms with van der Waals surface area (Å²) >= 11 is 0. The van der Waals surface area contributed by atoms with Crippen LogP contribution in [0.1, 0.15) is 32.1 Å². The Morgan fingerprint density at radius 2 is 2.00 bits per heavy atom. The standard InChI is InChI=1S/C17H19NO2/c19-15-11-16(17(15)8-1-2-9-17)20-14-7-3-6-13-12(14)5-4-10-18-13/h3-7,10,15-16,19H,1-2,8-9,11H2. The second-order valence-electron chi connectivity index (χ2n) is 6.12. The Balaban J connectivity index is 1.65. The quantitative estimate of drug-likeness (QED) is 0.909. The Morgan fingerprint density at radius 3 is 2.80 bits per heavy atom. The number of ether oxygens (including phenoxy) is 1. The lowest BCUT2D eigenvalue weighted by atomic mass is 9.62. The van der Waals surface area contributed by atoms with Gasteiger partial charge in [0.1, 0.15) is 11.9 Å². The van der Waals surface area contributed by atoms with E-state index in [1.165, 1.54) is 12.8 Å². The molecule has 1 heterocycles. The van der Waals surface area contributed by atoms with E-state index in [0.29, 0.717) is 0 Å². The summed E-state index contributed by atoms with van der Waals surface area (Å²) in [7, 11) is 0. The predicted molar refractivity (Wildman–Crippen MR) is 77.7 cm³/mol. The van der Waals surface area contributed by atoms with Crippen molar-refractivity contribution in [3.63, 3.8) is 0 Å². The third kappa shape index (κ3) is 1.66. The van der Waals surface area contributed by atoms with E-state index in [1.54, 1.807) is 6.20 Å². The van der Waals surface area contributed by atoms with Crippen molar-refractivity contribution in [3.05, 3.63) is 36.5 Å². The molecule has 2 aromatic rings. The van der Waals surface area contributed by atoms with Crippen molar-refractivity contribution in [2.75, 3.05) is 0 Å². The Bertz CT molecular complexity index is 628. The van der Waals surface area contributed by atoms with Crippen LogP contribution in [0.4, 0.5) is 0 Å². The van der Waals surface area contributed by atoms with E-state index in [1.807, 2.05) is 30.3 Å². The van der Waals surface area contributed by atoms with Gasteiger partial charge >= 0.3 is 0 Å². The SMILES string of the molecule is OC1CC(Oc2cccc3ncccc23)C12CCCC2. The topological polar surface area (TPSA) is 42.4 Å². The number of hydrogen-bond acceptors (Lipinski definition) is 3. The number of aliphatic hydroxyl groups is 1. The molecule has 2 aliphatic rings. The summed E-state index contributed by atoms with van der Waals surface area (Å²) in [6.45, 7) is 0. The molecule has 2 saturated carbocycles.